The van der Waals surface area contributed by atoms with E-state index in [1.165, 1.54) is 6.42 Å². The minimum atomic E-state index is 0.272. The van der Waals surface area contributed by atoms with Crippen molar-refractivity contribution < 1.29 is 5.11 Å². The monoisotopic (exact) mass is 297 g/mol. The molecule has 0 aromatic carbocycles. The van der Waals surface area contributed by atoms with Gasteiger partial charge in [-0.25, -0.2) is 0 Å². The summed E-state index contributed by atoms with van der Waals surface area (Å²) in [5.74, 6) is 3.05. The lowest BCUT2D eigenvalue weighted by atomic mass is 9.92. The summed E-state index contributed by atoms with van der Waals surface area (Å²) in [5, 5.41) is 12.6. The molecule has 21 heavy (non-hydrogen) atoms. The van der Waals surface area contributed by atoms with Gasteiger partial charge in [-0.1, -0.05) is 27.2 Å². The van der Waals surface area contributed by atoms with Crippen molar-refractivity contribution in [3.8, 4) is 0 Å². The van der Waals surface area contributed by atoms with Crippen LogP contribution in [0.1, 0.15) is 53.4 Å². The third-order valence-electron chi connectivity index (χ3n) is 4.24. The van der Waals surface area contributed by atoms with E-state index >= 15 is 0 Å². The largest absolute Gasteiger partial charge is 0.396 e. The molecule has 0 amide bonds. The summed E-state index contributed by atoms with van der Waals surface area (Å²) < 4.78 is 0. The van der Waals surface area contributed by atoms with Gasteiger partial charge in [0.2, 0.25) is 0 Å². The first kappa shape index (κ1) is 18.3. The molecule has 0 bridgehead atoms. The van der Waals surface area contributed by atoms with Gasteiger partial charge < -0.3 is 15.3 Å². The highest BCUT2D eigenvalue weighted by Crippen LogP contribution is 2.21. The number of aliphatic hydroxyl groups is 1. The number of piperidine rings is 1. The maximum atomic E-state index is 9.18. The molecule has 1 heterocycles. The summed E-state index contributed by atoms with van der Waals surface area (Å²) in [6.07, 6.45) is 4.49. The Balaban J connectivity index is 2.67. The Morgan fingerprint density at radius 1 is 1.24 bits per heavy atom. The van der Waals surface area contributed by atoms with Crippen LogP contribution in [0.2, 0.25) is 0 Å². The van der Waals surface area contributed by atoms with Gasteiger partial charge in [-0.05, 0) is 43.9 Å². The van der Waals surface area contributed by atoms with Crippen LogP contribution < -0.4 is 5.32 Å². The van der Waals surface area contributed by atoms with E-state index in [0.717, 1.165) is 63.2 Å². The number of likely N-dealkylation sites (tertiary alicyclic amines) is 1. The van der Waals surface area contributed by atoms with E-state index in [4.69, 9.17) is 4.99 Å². The molecule has 0 spiro atoms. The van der Waals surface area contributed by atoms with Crippen molar-refractivity contribution in [3.63, 3.8) is 0 Å². The molecule has 1 aliphatic heterocycles. The molecular weight excluding hydrogens is 262 g/mol. The lowest BCUT2D eigenvalue weighted by Gasteiger charge is -2.37. The first-order valence-corrected chi connectivity index (χ1v) is 8.74. The topological polar surface area (TPSA) is 47.9 Å². The van der Waals surface area contributed by atoms with Crippen molar-refractivity contribution in [2.75, 3.05) is 32.8 Å². The minimum Gasteiger partial charge on any atom is -0.396 e. The van der Waals surface area contributed by atoms with E-state index in [1.807, 2.05) is 0 Å². The van der Waals surface area contributed by atoms with Crippen LogP contribution in [0.5, 0.6) is 0 Å². The molecule has 1 saturated heterocycles. The minimum absolute atomic E-state index is 0.272. The van der Waals surface area contributed by atoms with Crippen LogP contribution >= 0.6 is 0 Å². The number of hydrogen-bond acceptors (Lipinski definition) is 2. The Kier molecular flexibility index (Phi) is 8.74. The van der Waals surface area contributed by atoms with Crippen LogP contribution in [-0.4, -0.2) is 48.8 Å². The zero-order chi connectivity index (χ0) is 15.7. The molecule has 0 saturated carbocycles. The number of aliphatic imine (C=N–C) groups is 1. The molecule has 1 fully saturated rings. The molecule has 1 aliphatic rings. The van der Waals surface area contributed by atoms with Gasteiger partial charge in [0, 0.05) is 32.8 Å². The third kappa shape index (κ3) is 6.68. The Morgan fingerprint density at radius 3 is 2.43 bits per heavy atom. The fourth-order valence-corrected chi connectivity index (χ4v) is 3.39. The molecule has 3 unspecified atom stereocenters. The van der Waals surface area contributed by atoms with E-state index in [9.17, 15) is 5.11 Å². The van der Waals surface area contributed by atoms with E-state index in [0.29, 0.717) is 5.92 Å². The first-order chi connectivity index (χ1) is 10.1. The molecule has 0 aromatic heterocycles. The zero-order valence-electron chi connectivity index (χ0n) is 14.4. The molecule has 0 aliphatic carbocycles. The average molecular weight is 297 g/mol. The van der Waals surface area contributed by atoms with Crippen LogP contribution in [-0.2, 0) is 0 Å². The normalized spacial score (nSPS) is 25.0. The van der Waals surface area contributed by atoms with Crippen LogP contribution in [0.4, 0.5) is 0 Å². The van der Waals surface area contributed by atoms with E-state index in [1.54, 1.807) is 0 Å². The second-order valence-electron chi connectivity index (χ2n) is 6.71. The predicted molar refractivity (Wildman–Crippen MR) is 90.6 cm³/mol. The van der Waals surface area contributed by atoms with Crippen molar-refractivity contribution in [1.82, 2.24) is 10.2 Å². The zero-order valence-corrected chi connectivity index (χ0v) is 14.4. The number of nitrogens with one attached hydrogen (secondary N) is 1. The average Bonchev–Trinajstić information content (AvgIpc) is 2.42. The van der Waals surface area contributed by atoms with Gasteiger partial charge in [-0.2, -0.15) is 0 Å². The summed E-state index contributed by atoms with van der Waals surface area (Å²) in [6.45, 7) is 13.2. The Labute approximate surface area is 131 Å². The Morgan fingerprint density at radius 2 is 1.90 bits per heavy atom. The fourth-order valence-electron chi connectivity index (χ4n) is 3.39. The molecule has 0 aromatic rings. The highest BCUT2D eigenvalue weighted by molar-refractivity contribution is 5.80. The summed E-state index contributed by atoms with van der Waals surface area (Å²) in [5.41, 5.74) is 0. The number of nitrogens with zero attached hydrogens (tertiary/aromatic N) is 2. The Bertz CT molecular complexity index is 290. The van der Waals surface area contributed by atoms with Crippen molar-refractivity contribution in [2.24, 2.45) is 22.7 Å². The molecule has 4 heteroatoms. The number of aliphatic hydroxyl groups excluding tert-OH is 1. The van der Waals surface area contributed by atoms with Gasteiger partial charge in [0.25, 0.3) is 0 Å². The molecule has 2 N–H and O–H groups in total. The van der Waals surface area contributed by atoms with Gasteiger partial charge >= 0.3 is 0 Å². The third-order valence-corrected chi connectivity index (χ3v) is 4.24. The van der Waals surface area contributed by atoms with Crippen LogP contribution in [0, 0.1) is 17.8 Å². The quantitative estimate of drug-likeness (QED) is 0.561. The first-order valence-electron chi connectivity index (χ1n) is 8.74. The second-order valence-corrected chi connectivity index (χ2v) is 6.71. The second kappa shape index (κ2) is 10.0. The van der Waals surface area contributed by atoms with Crippen LogP contribution in [0.15, 0.2) is 4.99 Å². The highest BCUT2D eigenvalue weighted by Gasteiger charge is 2.24. The lowest BCUT2D eigenvalue weighted by Crippen LogP contribution is -2.48. The summed E-state index contributed by atoms with van der Waals surface area (Å²) >= 11 is 0. The van der Waals surface area contributed by atoms with E-state index in [2.05, 4.69) is 37.9 Å². The van der Waals surface area contributed by atoms with Crippen molar-refractivity contribution in [3.05, 3.63) is 0 Å². The molecule has 124 valence electrons. The summed E-state index contributed by atoms with van der Waals surface area (Å²) in [6, 6.07) is 0. The molecule has 3 atom stereocenters. The molecule has 0 radical (unpaired) electrons. The molecule has 4 nitrogen and oxygen atoms in total. The number of guanidine groups is 1. The SMILES string of the molecule is CCCC(CCO)CN=C(NCC)N1CC(C)CC(C)C1. The van der Waals surface area contributed by atoms with Gasteiger partial charge in [-0.3, -0.25) is 4.99 Å². The van der Waals surface area contributed by atoms with Gasteiger partial charge in [-0.15, -0.1) is 0 Å². The smallest absolute Gasteiger partial charge is 0.193 e. The van der Waals surface area contributed by atoms with E-state index in [-0.39, 0.29) is 6.61 Å². The van der Waals surface area contributed by atoms with Crippen molar-refractivity contribution in [2.45, 2.75) is 53.4 Å². The highest BCUT2D eigenvalue weighted by atomic mass is 16.3. The van der Waals surface area contributed by atoms with E-state index < -0.39 is 0 Å². The number of hydrogen-bond donors (Lipinski definition) is 2. The Hall–Kier alpha value is -0.770. The van der Waals surface area contributed by atoms with Gasteiger partial charge in [0.1, 0.15) is 0 Å². The number of rotatable bonds is 7. The molecular formula is C17H35N3O. The van der Waals surface area contributed by atoms with Crippen molar-refractivity contribution >= 4 is 5.96 Å². The molecule has 1 rings (SSSR count). The maximum Gasteiger partial charge on any atom is 0.193 e. The summed E-state index contributed by atoms with van der Waals surface area (Å²) in [7, 11) is 0. The predicted octanol–water partition coefficient (Wildman–Crippen LogP) is 2.73. The van der Waals surface area contributed by atoms with Gasteiger partial charge in [0.15, 0.2) is 5.96 Å². The van der Waals surface area contributed by atoms with Crippen molar-refractivity contribution in [1.29, 1.82) is 0 Å². The van der Waals surface area contributed by atoms with Crippen LogP contribution in [0.25, 0.3) is 0 Å². The summed E-state index contributed by atoms with van der Waals surface area (Å²) in [4.78, 5) is 7.28. The standard InChI is InChI=1S/C17H35N3O/c1-5-7-16(8-9-21)11-19-17(18-6-2)20-12-14(3)10-15(4)13-20/h14-16,21H,5-13H2,1-4H3,(H,18,19). The fraction of sp³-hybridized carbons (Fsp3) is 0.941. The van der Waals surface area contributed by atoms with Crippen LogP contribution in [0.3, 0.4) is 0 Å². The maximum absolute atomic E-state index is 9.18. The van der Waals surface area contributed by atoms with Gasteiger partial charge in [0.05, 0.1) is 0 Å². The lowest BCUT2D eigenvalue weighted by molar-refractivity contribution is 0.207.